The zero-order valence-electron chi connectivity index (χ0n) is 15.3. The standard InChI is InChI=1S/C22H18BrFN2O2S/c23-18-11-7-16(8-12-18)14-26(13-15-5-9-17(10-6-15)21(27)28)22(29)25-20-4-2-1-3-19(20)24/h1-12H,13-14H2,(H,25,29)(H,27,28)/p-1. The maximum atomic E-state index is 14.0. The third-order valence-electron chi connectivity index (χ3n) is 4.25. The summed E-state index contributed by atoms with van der Waals surface area (Å²) in [6.45, 7) is 0.916. The van der Waals surface area contributed by atoms with Gasteiger partial charge in [-0.25, -0.2) is 4.39 Å². The Bertz CT molecular complexity index is 1010. The fourth-order valence-electron chi connectivity index (χ4n) is 2.73. The molecule has 0 aliphatic heterocycles. The fraction of sp³-hybridized carbons (Fsp3) is 0.0909. The van der Waals surface area contributed by atoms with E-state index in [9.17, 15) is 14.3 Å². The molecule has 3 aromatic carbocycles. The number of aromatic carboxylic acids is 1. The first kappa shape index (κ1) is 21.0. The number of hydrogen-bond acceptors (Lipinski definition) is 3. The molecule has 0 amide bonds. The van der Waals surface area contributed by atoms with Crippen LogP contribution in [0.1, 0.15) is 21.5 Å². The zero-order chi connectivity index (χ0) is 20.8. The third kappa shape index (κ3) is 5.85. The average molecular weight is 472 g/mol. The minimum Gasteiger partial charge on any atom is -0.545 e. The van der Waals surface area contributed by atoms with E-state index in [1.807, 2.05) is 29.2 Å². The van der Waals surface area contributed by atoms with Gasteiger partial charge in [0.25, 0.3) is 0 Å². The van der Waals surface area contributed by atoms with Crippen LogP contribution in [0.15, 0.2) is 77.3 Å². The van der Waals surface area contributed by atoms with Gasteiger partial charge in [-0.1, -0.05) is 64.5 Å². The molecular weight excluding hydrogens is 455 g/mol. The lowest BCUT2D eigenvalue weighted by molar-refractivity contribution is -0.255. The third-order valence-corrected chi connectivity index (χ3v) is 5.14. The monoisotopic (exact) mass is 471 g/mol. The van der Waals surface area contributed by atoms with Crippen molar-refractivity contribution >= 4 is 44.9 Å². The first-order valence-corrected chi connectivity index (χ1v) is 9.97. The summed E-state index contributed by atoms with van der Waals surface area (Å²) in [7, 11) is 0. The van der Waals surface area contributed by atoms with E-state index in [4.69, 9.17) is 12.2 Å². The fourth-order valence-corrected chi connectivity index (χ4v) is 3.24. The maximum Gasteiger partial charge on any atom is 0.174 e. The average Bonchev–Trinajstić information content (AvgIpc) is 2.71. The quantitative estimate of drug-likeness (QED) is 0.541. The van der Waals surface area contributed by atoms with Crippen LogP contribution in [-0.2, 0) is 13.1 Å². The van der Waals surface area contributed by atoms with Crippen LogP contribution in [0.4, 0.5) is 10.1 Å². The van der Waals surface area contributed by atoms with Crippen molar-refractivity contribution in [1.29, 1.82) is 0 Å². The molecule has 0 saturated heterocycles. The lowest BCUT2D eigenvalue weighted by Crippen LogP contribution is -2.34. The van der Waals surface area contributed by atoms with Gasteiger partial charge in [0.2, 0.25) is 0 Å². The van der Waals surface area contributed by atoms with Crippen LogP contribution < -0.4 is 10.4 Å². The second kappa shape index (κ2) is 9.62. The van der Waals surface area contributed by atoms with Crippen molar-refractivity contribution in [1.82, 2.24) is 4.90 Å². The second-order valence-corrected chi connectivity index (χ2v) is 7.68. The van der Waals surface area contributed by atoms with E-state index >= 15 is 0 Å². The number of carboxylic acids is 1. The highest BCUT2D eigenvalue weighted by Crippen LogP contribution is 2.18. The SMILES string of the molecule is O=C([O-])c1ccc(CN(Cc2ccc(Br)cc2)C(=S)Nc2ccccc2F)cc1. The molecule has 0 unspecified atom stereocenters. The summed E-state index contributed by atoms with van der Waals surface area (Å²) in [5, 5.41) is 14.3. The predicted molar refractivity (Wildman–Crippen MR) is 117 cm³/mol. The largest absolute Gasteiger partial charge is 0.545 e. The molecule has 29 heavy (non-hydrogen) atoms. The van der Waals surface area contributed by atoms with Crippen LogP contribution >= 0.6 is 28.1 Å². The van der Waals surface area contributed by atoms with Crippen molar-refractivity contribution in [2.45, 2.75) is 13.1 Å². The van der Waals surface area contributed by atoms with Gasteiger partial charge in [0.15, 0.2) is 5.11 Å². The van der Waals surface area contributed by atoms with E-state index < -0.39 is 11.8 Å². The molecule has 0 aliphatic rings. The summed E-state index contributed by atoms with van der Waals surface area (Å²) in [4.78, 5) is 12.8. The van der Waals surface area contributed by atoms with E-state index in [1.54, 1.807) is 30.3 Å². The Morgan fingerprint density at radius 1 is 0.966 bits per heavy atom. The zero-order valence-corrected chi connectivity index (χ0v) is 17.7. The highest BCUT2D eigenvalue weighted by atomic mass is 79.9. The molecular formula is C22H17BrFN2O2S-. The molecule has 3 rings (SSSR count). The summed E-state index contributed by atoms with van der Waals surface area (Å²) >= 11 is 8.96. The number of para-hydroxylation sites is 1. The lowest BCUT2D eigenvalue weighted by Gasteiger charge is -2.26. The van der Waals surface area contributed by atoms with Crippen LogP contribution in [0.25, 0.3) is 0 Å². The highest BCUT2D eigenvalue weighted by Gasteiger charge is 2.13. The Labute approximate surface area is 182 Å². The number of carboxylic acid groups (broad SMARTS) is 1. The molecule has 0 saturated carbocycles. The summed E-state index contributed by atoms with van der Waals surface area (Å²) < 4.78 is 15.0. The smallest absolute Gasteiger partial charge is 0.174 e. The molecule has 4 nitrogen and oxygen atoms in total. The van der Waals surface area contributed by atoms with E-state index in [-0.39, 0.29) is 5.56 Å². The molecule has 0 fully saturated rings. The number of nitrogens with zero attached hydrogens (tertiary/aromatic N) is 1. The second-order valence-electron chi connectivity index (χ2n) is 6.38. The van der Waals surface area contributed by atoms with Crippen molar-refractivity contribution in [2.75, 3.05) is 5.32 Å². The van der Waals surface area contributed by atoms with Gasteiger partial charge in [-0.3, -0.25) is 0 Å². The van der Waals surface area contributed by atoms with Gasteiger partial charge < -0.3 is 20.1 Å². The summed E-state index contributed by atoms with van der Waals surface area (Å²) in [5.41, 5.74) is 2.30. The van der Waals surface area contributed by atoms with E-state index in [0.717, 1.165) is 15.6 Å². The van der Waals surface area contributed by atoms with Crippen LogP contribution in [0, 0.1) is 5.82 Å². The normalized spacial score (nSPS) is 10.4. The number of carbonyl (C=O) groups is 1. The van der Waals surface area contributed by atoms with Gasteiger partial charge in [-0.2, -0.15) is 0 Å². The van der Waals surface area contributed by atoms with Gasteiger partial charge >= 0.3 is 0 Å². The van der Waals surface area contributed by atoms with Crippen molar-refractivity contribution in [3.63, 3.8) is 0 Å². The van der Waals surface area contributed by atoms with Gasteiger partial charge in [-0.15, -0.1) is 0 Å². The van der Waals surface area contributed by atoms with Crippen LogP contribution in [-0.4, -0.2) is 16.0 Å². The minimum absolute atomic E-state index is 0.111. The number of halogens is 2. The Balaban J connectivity index is 1.82. The summed E-state index contributed by atoms with van der Waals surface area (Å²) in [6.07, 6.45) is 0. The number of thiocarbonyl (C=S) groups is 1. The van der Waals surface area contributed by atoms with E-state index in [2.05, 4.69) is 21.2 Å². The molecule has 7 heteroatoms. The molecule has 0 bridgehead atoms. The van der Waals surface area contributed by atoms with Crippen molar-refractivity contribution in [3.8, 4) is 0 Å². The van der Waals surface area contributed by atoms with Gasteiger partial charge in [0, 0.05) is 17.6 Å². The number of benzene rings is 3. The van der Waals surface area contributed by atoms with Crippen LogP contribution in [0.5, 0.6) is 0 Å². The molecule has 0 heterocycles. The molecule has 3 aromatic rings. The summed E-state index contributed by atoms with van der Waals surface area (Å²) in [6, 6.07) is 20.6. The molecule has 0 aromatic heterocycles. The highest BCUT2D eigenvalue weighted by molar-refractivity contribution is 9.10. The van der Waals surface area contributed by atoms with Crippen molar-refractivity contribution in [2.24, 2.45) is 0 Å². The number of anilines is 1. The Morgan fingerprint density at radius 2 is 1.52 bits per heavy atom. The predicted octanol–water partition coefficient (Wildman–Crippen LogP) is 4.35. The van der Waals surface area contributed by atoms with Crippen LogP contribution in [0.3, 0.4) is 0 Å². The molecule has 0 radical (unpaired) electrons. The van der Waals surface area contributed by atoms with Crippen LogP contribution in [0.2, 0.25) is 0 Å². The molecule has 1 N–H and O–H groups in total. The van der Waals surface area contributed by atoms with Crippen molar-refractivity contribution < 1.29 is 14.3 Å². The minimum atomic E-state index is -1.22. The maximum absolute atomic E-state index is 14.0. The van der Waals surface area contributed by atoms with Gasteiger partial charge in [0.05, 0.1) is 11.7 Å². The topological polar surface area (TPSA) is 55.4 Å². The molecule has 0 spiro atoms. The van der Waals surface area contributed by atoms with Gasteiger partial charge in [-0.05, 0) is 53.2 Å². The lowest BCUT2D eigenvalue weighted by atomic mass is 10.1. The Morgan fingerprint density at radius 3 is 2.07 bits per heavy atom. The first-order chi connectivity index (χ1) is 13.9. The number of rotatable bonds is 6. The first-order valence-electron chi connectivity index (χ1n) is 8.77. The van der Waals surface area contributed by atoms with E-state index in [1.165, 1.54) is 18.2 Å². The van der Waals surface area contributed by atoms with Crippen molar-refractivity contribution in [3.05, 3.63) is 99.8 Å². The molecule has 0 atom stereocenters. The number of nitrogens with one attached hydrogen (secondary N) is 1. The number of hydrogen-bond donors (Lipinski definition) is 1. The Hall–Kier alpha value is -2.77. The van der Waals surface area contributed by atoms with E-state index in [0.29, 0.717) is 23.9 Å². The summed E-state index contributed by atoms with van der Waals surface area (Å²) in [5.74, 6) is -1.61. The van der Waals surface area contributed by atoms with Gasteiger partial charge in [0.1, 0.15) is 5.82 Å². The number of carbonyl (C=O) groups excluding carboxylic acids is 1. The Kier molecular flexibility index (Phi) is 6.95. The molecule has 0 aliphatic carbocycles. The molecule has 148 valence electrons.